The molecule has 1 aromatic heterocycles. The molecule has 5 nitrogen and oxygen atoms in total. The molecule has 0 radical (unpaired) electrons. The molecule has 23 heavy (non-hydrogen) atoms. The van der Waals surface area contributed by atoms with Crippen molar-refractivity contribution in [2.45, 2.75) is 11.8 Å². The van der Waals surface area contributed by atoms with Crippen molar-refractivity contribution in [1.29, 1.82) is 0 Å². The molecule has 3 rings (SSSR count). The van der Waals surface area contributed by atoms with E-state index < -0.39 is 15.8 Å². The van der Waals surface area contributed by atoms with Crippen LogP contribution >= 0.6 is 0 Å². The number of benzene rings is 2. The van der Waals surface area contributed by atoms with E-state index in [1.165, 1.54) is 12.1 Å². The van der Waals surface area contributed by atoms with Crippen LogP contribution in [0.3, 0.4) is 0 Å². The summed E-state index contributed by atoms with van der Waals surface area (Å²) in [5.41, 5.74) is 2.02. The minimum atomic E-state index is -3.77. The summed E-state index contributed by atoms with van der Waals surface area (Å²) in [6.45, 7) is 1.84. The molecule has 0 aliphatic rings. The molecular formula is C16H14FN3O2S. The van der Waals surface area contributed by atoms with E-state index in [-0.39, 0.29) is 4.90 Å². The summed E-state index contributed by atoms with van der Waals surface area (Å²) in [7, 11) is -3.77. The van der Waals surface area contributed by atoms with Crippen LogP contribution in [0.2, 0.25) is 0 Å². The first-order chi connectivity index (χ1) is 10.9. The van der Waals surface area contributed by atoms with Gasteiger partial charge in [-0.3, -0.25) is 4.72 Å². The zero-order valence-electron chi connectivity index (χ0n) is 12.2. The lowest BCUT2D eigenvalue weighted by Crippen LogP contribution is -2.12. The minimum Gasteiger partial charge on any atom is -0.342 e. The number of rotatable bonds is 4. The summed E-state index contributed by atoms with van der Waals surface area (Å²) in [4.78, 5) is 7.22. The van der Waals surface area contributed by atoms with Gasteiger partial charge in [-0.25, -0.2) is 17.8 Å². The summed E-state index contributed by atoms with van der Waals surface area (Å²) in [5, 5.41) is 0. The molecule has 0 aliphatic heterocycles. The number of aromatic amines is 1. The highest BCUT2D eigenvalue weighted by Crippen LogP contribution is 2.23. The second kappa shape index (κ2) is 5.85. The lowest BCUT2D eigenvalue weighted by Gasteiger charge is -2.09. The van der Waals surface area contributed by atoms with Crippen molar-refractivity contribution in [2.24, 2.45) is 0 Å². The Morgan fingerprint density at radius 3 is 2.52 bits per heavy atom. The van der Waals surface area contributed by atoms with Crippen LogP contribution in [0.4, 0.5) is 10.1 Å². The van der Waals surface area contributed by atoms with Gasteiger partial charge in [0.15, 0.2) is 0 Å². The third kappa shape index (κ3) is 3.40. The molecule has 0 bridgehead atoms. The Morgan fingerprint density at radius 1 is 1.13 bits per heavy atom. The number of halogens is 1. The minimum absolute atomic E-state index is 0.00156. The molecule has 0 fully saturated rings. The molecule has 118 valence electrons. The first-order valence-corrected chi connectivity index (χ1v) is 8.33. The van der Waals surface area contributed by atoms with Gasteiger partial charge in [-0.2, -0.15) is 0 Å². The van der Waals surface area contributed by atoms with Crippen molar-refractivity contribution in [3.8, 4) is 11.3 Å². The molecule has 0 unspecified atom stereocenters. The van der Waals surface area contributed by atoms with E-state index in [4.69, 9.17) is 0 Å². The van der Waals surface area contributed by atoms with Crippen LogP contribution < -0.4 is 4.72 Å². The number of nitrogens with one attached hydrogen (secondary N) is 2. The lowest BCUT2D eigenvalue weighted by molar-refractivity contribution is 0.599. The summed E-state index contributed by atoms with van der Waals surface area (Å²) < 4.78 is 40.0. The van der Waals surface area contributed by atoms with Gasteiger partial charge in [0.1, 0.15) is 11.6 Å². The first-order valence-electron chi connectivity index (χ1n) is 6.84. The van der Waals surface area contributed by atoms with Gasteiger partial charge >= 0.3 is 0 Å². The van der Waals surface area contributed by atoms with Crippen LogP contribution in [0.15, 0.2) is 59.6 Å². The van der Waals surface area contributed by atoms with Gasteiger partial charge in [0.2, 0.25) is 0 Å². The molecule has 2 aromatic carbocycles. The average Bonchev–Trinajstić information content (AvgIpc) is 2.94. The third-order valence-electron chi connectivity index (χ3n) is 3.25. The molecule has 0 aliphatic carbocycles. The lowest BCUT2D eigenvalue weighted by atomic mass is 10.1. The van der Waals surface area contributed by atoms with Gasteiger partial charge in [0.05, 0.1) is 16.8 Å². The van der Waals surface area contributed by atoms with Gasteiger partial charge in [-0.1, -0.05) is 12.1 Å². The second-order valence-electron chi connectivity index (χ2n) is 5.02. The maximum absolute atomic E-state index is 12.9. The standard InChI is InChI=1S/C16H14FN3O2S/c1-11-18-10-16(19-11)12-3-2-4-14(9-12)20-23(21,22)15-7-5-13(17)6-8-15/h2-10,20H,1H3,(H,18,19). The molecule has 3 aromatic rings. The van der Waals surface area contributed by atoms with Crippen molar-refractivity contribution in [3.63, 3.8) is 0 Å². The van der Waals surface area contributed by atoms with Crippen molar-refractivity contribution in [2.75, 3.05) is 4.72 Å². The molecule has 0 spiro atoms. The fraction of sp³-hybridized carbons (Fsp3) is 0.0625. The van der Waals surface area contributed by atoms with E-state index in [1.807, 2.05) is 13.0 Å². The second-order valence-corrected chi connectivity index (χ2v) is 6.70. The molecule has 2 N–H and O–H groups in total. The Morgan fingerprint density at radius 2 is 1.87 bits per heavy atom. The van der Waals surface area contributed by atoms with E-state index in [0.717, 1.165) is 29.2 Å². The Hall–Kier alpha value is -2.67. The Bertz CT molecular complexity index is 934. The van der Waals surface area contributed by atoms with Crippen molar-refractivity contribution >= 4 is 15.7 Å². The molecule has 0 saturated carbocycles. The van der Waals surface area contributed by atoms with Crippen LogP contribution in [0.1, 0.15) is 5.82 Å². The maximum atomic E-state index is 12.9. The summed E-state index contributed by atoms with van der Waals surface area (Å²) in [6, 6.07) is 11.6. The Labute approximate surface area is 133 Å². The number of sulfonamides is 1. The topological polar surface area (TPSA) is 74.8 Å². The predicted molar refractivity (Wildman–Crippen MR) is 86.0 cm³/mol. The summed E-state index contributed by atoms with van der Waals surface area (Å²) >= 11 is 0. The zero-order valence-corrected chi connectivity index (χ0v) is 13.1. The molecule has 0 amide bonds. The highest BCUT2D eigenvalue weighted by Gasteiger charge is 2.14. The van der Waals surface area contributed by atoms with Gasteiger partial charge < -0.3 is 4.98 Å². The number of aromatic nitrogens is 2. The number of anilines is 1. The van der Waals surface area contributed by atoms with Crippen LogP contribution in [0, 0.1) is 12.7 Å². The first kappa shape index (κ1) is 15.2. The zero-order chi connectivity index (χ0) is 16.4. The van der Waals surface area contributed by atoms with Crippen LogP contribution in [-0.2, 0) is 10.0 Å². The predicted octanol–water partition coefficient (Wildman–Crippen LogP) is 3.33. The average molecular weight is 331 g/mol. The number of H-pyrrole nitrogens is 1. The van der Waals surface area contributed by atoms with Gasteiger partial charge in [0.25, 0.3) is 10.0 Å². The normalized spacial score (nSPS) is 11.4. The maximum Gasteiger partial charge on any atom is 0.261 e. The monoisotopic (exact) mass is 331 g/mol. The van der Waals surface area contributed by atoms with Crippen LogP contribution in [0.5, 0.6) is 0 Å². The van der Waals surface area contributed by atoms with E-state index in [0.29, 0.717) is 5.69 Å². The molecule has 0 saturated heterocycles. The van der Waals surface area contributed by atoms with Crippen LogP contribution in [0.25, 0.3) is 11.3 Å². The molecule has 7 heteroatoms. The van der Waals surface area contributed by atoms with E-state index in [9.17, 15) is 12.8 Å². The fourth-order valence-electron chi connectivity index (χ4n) is 2.15. The highest BCUT2D eigenvalue weighted by atomic mass is 32.2. The van der Waals surface area contributed by atoms with E-state index in [2.05, 4.69) is 14.7 Å². The van der Waals surface area contributed by atoms with Crippen molar-refractivity contribution in [3.05, 3.63) is 66.4 Å². The van der Waals surface area contributed by atoms with Gasteiger partial charge in [0, 0.05) is 11.3 Å². The number of hydrogen-bond donors (Lipinski definition) is 2. The molecular weight excluding hydrogens is 317 g/mol. The number of nitrogens with zero attached hydrogens (tertiary/aromatic N) is 1. The van der Waals surface area contributed by atoms with Gasteiger partial charge in [-0.15, -0.1) is 0 Å². The fourth-order valence-corrected chi connectivity index (χ4v) is 3.20. The Balaban J connectivity index is 1.89. The number of aryl methyl sites for hydroxylation is 1. The van der Waals surface area contributed by atoms with E-state index in [1.54, 1.807) is 24.4 Å². The van der Waals surface area contributed by atoms with Gasteiger partial charge in [-0.05, 0) is 43.3 Å². The largest absolute Gasteiger partial charge is 0.342 e. The summed E-state index contributed by atoms with van der Waals surface area (Å²) in [6.07, 6.45) is 1.68. The Kier molecular flexibility index (Phi) is 3.87. The number of hydrogen-bond acceptors (Lipinski definition) is 3. The van der Waals surface area contributed by atoms with Crippen molar-refractivity contribution in [1.82, 2.24) is 9.97 Å². The molecule has 1 heterocycles. The highest BCUT2D eigenvalue weighted by molar-refractivity contribution is 7.92. The molecule has 0 atom stereocenters. The smallest absolute Gasteiger partial charge is 0.261 e. The van der Waals surface area contributed by atoms with Crippen LogP contribution in [-0.4, -0.2) is 18.4 Å². The SMILES string of the molecule is Cc1ncc(-c2cccc(NS(=O)(=O)c3ccc(F)cc3)c2)[nH]1. The quantitative estimate of drug-likeness (QED) is 0.770. The summed E-state index contributed by atoms with van der Waals surface area (Å²) in [5.74, 6) is 0.290. The third-order valence-corrected chi connectivity index (χ3v) is 4.65. The number of imidazole rings is 1. The van der Waals surface area contributed by atoms with E-state index >= 15 is 0 Å². The van der Waals surface area contributed by atoms with Crippen molar-refractivity contribution < 1.29 is 12.8 Å².